The fourth-order valence-electron chi connectivity index (χ4n) is 11.3. The maximum absolute atomic E-state index is 9.96. The van der Waals surface area contributed by atoms with Crippen LogP contribution in [0.15, 0.2) is 235 Å². The average Bonchev–Trinajstić information content (AvgIpc) is 4.35. The molecule has 0 atom stereocenters. The van der Waals surface area contributed by atoms with E-state index in [-0.39, 0.29) is 0 Å². The van der Waals surface area contributed by atoms with Crippen molar-refractivity contribution in [3.05, 3.63) is 280 Å². The summed E-state index contributed by atoms with van der Waals surface area (Å²) in [6.07, 6.45) is 1.10. The Morgan fingerprint density at radius 1 is 0.358 bits per heavy atom. The van der Waals surface area contributed by atoms with E-state index in [0.717, 1.165) is 73.5 Å². The molecule has 13 aromatic rings. The fourth-order valence-corrected chi connectivity index (χ4v) is 11.6. The van der Waals surface area contributed by atoms with E-state index in [1.807, 2.05) is 24.3 Å². The zero-order chi connectivity index (χ0) is 56.9. The molecule has 0 unspecified atom stereocenters. The lowest BCUT2D eigenvalue weighted by Gasteiger charge is -2.17. The zero-order valence-corrected chi connectivity index (χ0v) is 47.8. The van der Waals surface area contributed by atoms with Gasteiger partial charge >= 0.3 is 0 Å². The van der Waals surface area contributed by atoms with Gasteiger partial charge in [0, 0.05) is 43.2 Å². The molecule has 1 aliphatic carbocycles. The van der Waals surface area contributed by atoms with Crippen LogP contribution in [0, 0.1) is 41.5 Å². The molecule has 0 spiro atoms. The van der Waals surface area contributed by atoms with Crippen LogP contribution in [0.1, 0.15) is 45.9 Å². The van der Waals surface area contributed by atoms with E-state index in [0.29, 0.717) is 0 Å². The minimum atomic E-state index is -1.00. The molecule has 0 saturated carbocycles. The maximum atomic E-state index is 9.96. The second kappa shape index (κ2) is 23.6. The molecule has 0 N–H and O–H groups in total. The molecule has 1 aliphatic rings. The number of nitrogens with zero attached hydrogens (tertiary/aromatic N) is 7. The Bertz CT molecular complexity index is 4270. The topological polar surface area (TPSA) is 66.3 Å². The Morgan fingerprint density at radius 2 is 0.691 bits per heavy atom. The first-order valence-electron chi connectivity index (χ1n) is 27.8. The zero-order valence-electron chi connectivity index (χ0n) is 47.2. The van der Waals surface area contributed by atoms with E-state index in [2.05, 4.69) is 288 Å². The molecule has 7 nitrogen and oxygen atoms in total. The summed E-state index contributed by atoms with van der Waals surface area (Å²) in [7, 11) is -1.00. The number of halogens is 2. The largest absolute Gasteiger partial charge is 0.309 e. The highest BCUT2D eigenvalue weighted by Gasteiger charge is 2.23. The molecule has 0 amide bonds. The van der Waals surface area contributed by atoms with Crippen molar-refractivity contribution in [3.8, 4) is 73.7 Å². The molecule has 9 heteroatoms. The molecule has 10 aromatic carbocycles. The van der Waals surface area contributed by atoms with Crippen LogP contribution in [-0.2, 0) is 6.42 Å². The number of hydrogen-bond acceptors (Lipinski definition) is 4. The van der Waals surface area contributed by atoms with E-state index in [9.17, 15) is 4.39 Å². The number of aromatic nitrogens is 7. The molecule has 3 aromatic heterocycles. The summed E-state index contributed by atoms with van der Waals surface area (Å²) in [4.78, 5) is 0. The van der Waals surface area contributed by atoms with Gasteiger partial charge in [0.1, 0.15) is 0 Å². The van der Waals surface area contributed by atoms with Gasteiger partial charge in [-0.2, -0.15) is 0 Å². The van der Waals surface area contributed by atoms with E-state index in [4.69, 9.17) is 11.6 Å². The van der Waals surface area contributed by atoms with Crippen LogP contribution < -0.4 is 0 Å². The van der Waals surface area contributed by atoms with Gasteiger partial charge in [0.2, 0.25) is 0 Å². The Hall–Kier alpha value is -9.31. The number of benzene rings is 10. The summed E-state index contributed by atoms with van der Waals surface area (Å²) in [5.74, 6) is 3.40. The van der Waals surface area contributed by atoms with Crippen molar-refractivity contribution < 1.29 is 5.76 Å². The summed E-state index contributed by atoms with van der Waals surface area (Å²) in [5.41, 5.74) is 22.9. The van der Waals surface area contributed by atoms with Crippen LogP contribution in [0.5, 0.6) is 0 Å². The molecule has 0 fully saturated rings. The van der Waals surface area contributed by atoms with Gasteiger partial charge in [-0.15, -0.1) is 20.4 Å². The van der Waals surface area contributed by atoms with E-state index >= 15 is 0 Å². The Kier molecular flexibility index (Phi) is 15.2. The first-order valence-corrected chi connectivity index (χ1v) is 27.9. The number of para-hydroxylation sites is 4. The predicted octanol–water partition coefficient (Wildman–Crippen LogP) is 18.8. The van der Waals surface area contributed by atoms with Gasteiger partial charge in [-0.05, 0) is 152 Å². The Balaban J connectivity index is 0.000000141. The van der Waals surface area contributed by atoms with Crippen LogP contribution >= 0.6 is 15.9 Å². The number of rotatable bonds is 7. The number of hydrogen-bond donors (Lipinski definition) is 0. The highest BCUT2D eigenvalue weighted by Crippen LogP contribution is 2.38. The standard InChI is InChI=1S/C35H28N4.C23H20BrN3.C13H10.CH3F/c1-23-11-4-5-14-28(23)35-37-36-34(39(35)33-24(2)12-10-13-25(33)3)26-19-21-27(22-20-26)38-31-17-8-6-15-29(31)30-16-7-9-18-32(30)38;1-15-7-4-5-10-20(15)23-26-25-22(18-11-13-19(24)14-12-18)27(23)21-16(2)8-6-9-17(21)3;1-3-7-12-10(5-1)9-11-6-2-4-8-13(11)12;1-2/h4-22H,1-3H3;4-14H,1-3H3;1-8H,9H2;1H3/i;;;1D. The first kappa shape index (κ1) is 52.4. The lowest BCUT2D eigenvalue weighted by molar-refractivity contribution is 0.636. The van der Waals surface area contributed by atoms with Crippen molar-refractivity contribution in [3.63, 3.8) is 0 Å². The number of fused-ring (bicyclic) bond motifs is 6. The third kappa shape index (κ3) is 10.4. The van der Waals surface area contributed by atoms with Crippen molar-refractivity contribution >= 4 is 37.7 Å². The highest BCUT2D eigenvalue weighted by atomic mass is 79.9. The third-order valence-corrected chi connectivity index (χ3v) is 15.7. The smallest absolute Gasteiger partial charge is 0.169 e. The monoisotopic (exact) mass is 1120 g/mol. The number of aryl methyl sites for hydroxylation is 6. The molecular weight excluding hydrogens is 1060 g/mol. The van der Waals surface area contributed by atoms with Crippen LogP contribution in [-0.4, -0.2) is 41.2 Å². The lowest BCUT2D eigenvalue weighted by Crippen LogP contribution is -2.05. The molecule has 81 heavy (non-hydrogen) atoms. The van der Waals surface area contributed by atoms with Gasteiger partial charge in [-0.1, -0.05) is 198 Å². The summed E-state index contributed by atoms with van der Waals surface area (Å²) in [5, 5.41) is 21.2. The first-order chi connectivity index (χ1) is 40.0. The highest BCUT2D eigenvalue weighted by molar-refractivity contribution is 9.10. The van der Waals surface area contributed by atoms with Gasteiger partial charge in [-0.25, -0.2) is 0 Å². The molecule has 0 saturated heterocycles. The normalized spacial score (nSPS) is 11.4. The lowest BCUT2D eigenvalue weighted by atomic mass is 10.1. The molecule has 0 aliphatic heterocycles. The van der Waals surface area contributed by atoms with Crippen LogP contribution in [0.4, 0.5) is 4.39 Å². The average molecular weight is 1120 g/mol. The SMILES string of the molecule is Cc1ccccc1-c1nnc(-c2ccc(-n3c4ccccc4c4ccccc43)cc2)n1-c1c(C)cccc1C.Cc1ccccc1-c1nnc(-c2ccc(Br)cc2)n1-c1c(C)cccc1C.[2H]CF.c1ccc2c(c1)Cc1ccccc1-2. The summed E-state index contributed by atoms with van der Waals surface area (Å²) >= 11 is 3.51. The molecule has 14 rings (SSSR count). The van der Waals surface area contributed by atoms with Crippen molar-refractivity contribution in [2.45, 2.75) is 48.0 Å². The molecule has 0 bridgehead atoms. The molecular formula is C72H61BrFN7. The Morgan fingerprint density at radius 3 is 1.11 bits per heavy atom. The number of alkyl halides is 1. The molecule has 0 radical (unpaired) electrons. The van der Waals surface area contributed by atoms with E-state index in [1.165, 1.54) is 77.4 Å². The Labute approximate surface area is 483 Å². The third-order valence-electron chi connectivity index (χ3n) is 15.2. The maximum Gasteiger partial charge on any atom is 0.169 e. The minimum absolute atomic E-state index is 0.833. The predicted molar refractivity (Wildman–Crippen MR) is 337 cm³/mol. The molecule has 398 valence electrons. The van der Waals surface area contributed by atoms with Gasteiger partial charge < -0.3 is 4.57 Å². The van der Waals surface area contributed by atoms with Gasteiger partial charge in [0.15, 0.2) is 23.3 Å². The summed E-state index contributed by atoms with van der Waals surface area (Å²) < 4.78 is 23.3. The van der Waals surface area contributed by atoms with Crippen molar-refractivity contribution in [1.82, 2.24) is 34.1 Å². The summed E-state index contributed by atoms with van der Waals surface area (Å²) in [6.45, 7) is 12.8. The van der Waals surface area contributed by atoms with Crippen LogP contribution in [0.3, 0.4) is 0 Å². The second-order valence-corrected chi connectivity index (χ2v) is 21.3. The van der Waals surface area contributed by atoms with Crippen molar-refractivity contribution in [2.75, 3.05) is 7.15 Å². The minimum Gasteiger partial charge on any atom is -0.309 e. The quantitative estimate of drug-likeness (QED) is 0.159. The van der Waals surface area contributed by atoms with Gasteiger partial charge in [0.05, 0.1) is 30.9 Å². The van der Waals surface area contributed by atoms with Crippen molar-refractivity contribution in [2.24, 2.45) is 0 Å². The van der Waals surface area contributed by atoms with Gasteiger partial charge in [-0.3, -0.25) is 13.5 Å². The fraction of sp³-hybridized carbons (Fsp3) is 0.111. The second-order valence-electron chi connectivity index (χ2n) is 20.4. The molecule has 3 heterocycles. The van der Waals surface area contributed by atoms with Crippen LogP contribution in [0.25, 0.3) is 95.5 Å². The van der Waals surface area contributed by atoms with E-state index < -0.39 is 7.15 Å². The van der Waals surface area contributed by atoms with E-state index in [1.54, 1.807) is 0 Å². The van der Waals surface area contributed by atoms with Crippen LogP contribution in [0.2, 0.25) is 0 Å². The summed E-state index contributed by atoms with van der Waals surface area (Å²) in [6, 6.07) is 80.9. The van der Waals surface area contributed by atoms with Gasteiger partial charge in [0.25, 0.3) is 0 Å². The van der Waals surface area contributed by atoms with Crippen molar-refractivity contribution in [1.29, 1.82) is 0 Å².